The summed E-state index contributed by atoms with van der Waals surface area (Å²) >= 11 is 7.59. The fourth-order valence-electron chi connectivity index (χ4n) is 2.39. The van der Waals surface area contributed by atoms with E-state index in [0.717, 1.165) is 16.3 Å². The Bertz CT molecular complexity index is 764. The van der Waals surface area contributed by atoms with Gasteiger partial charge in [0.05, 0.1) is 6.54 Å². The minimum Gasteiger partial charge on any atom is -0.362 e. The van der Waals surface area contributed by atoms with Gasteiger partial charge in [-0.15, -0.1) is 11.3 Å². The molecule has 3 heterocycles. The lowest BCUT2D eigenvalue weighted by molar-refractivity contribution is 0.404. The van der Waals surface area contributed by atoms with Gasteiger partial charge in [0.25, 0.3) is 0 Å². The Morgan fingerprint density at radius 3 is 2.95 bits per heavy atom. The Kier molecular flexibility index (Phi) is 3.23. The van der Waals surface area contributed by atoms with E-state index in [1.54, 1.807) is 17.5 Å². The van der Waals surface area contributed by atoms with E-state index in [9.17, 15) is 0 Å². The highest BCUT2D eigenvalue weighted by Crippen LogP contribution is 2.36. The predicted octanol–water partition coefficient (Wildman–Crippen LogP) is 3.34. The molecule has 1 aliphatic carbocycles. The number of halogens is 1. The van der Waals surface area contributed by atoms with Crippen LogP contribution in [0.15, 0.2) is 11.6 Å². The van der Waals surface area contributed by atoms with Crippen molar-refractivity contribution in [1.82, 2.24) is 24.9 Å². The Morgan fingerprint density at radius 1 is 1.33 bits per heavy atom. The van der Waals surface area contributed by atoms with Crippen LogP contribution in [-0.2, 0) is 6.54 Å². The summed E-state index contributed by atoms with van der Waals surface area (Å²) in [6, 6.07) is 0. The lowest BCUT2D eigenvalue weighted by Crippen LogP contribution is -2.10. The number of hydrogen-bond donors (Lipinski definition) is 2. The Hall–Kier alpha value is -1.73. The van der Waals surface area contributed by atoms with Crippen LogP contribution < -0.4 is 5.32 Å². The molecule has 0 bridgehead atoms. The number of imidazole rings is 1. The number of nitrogens with one attached hydrogen (secondary N) is 2. The zero-order chi connectivity index (χ0) is 14.2. The molecule has 108 valence electrons. The third-order valence-corrected chi connectivity index (χ3v) is 4.67. The molecule has 6 nitrogen and oxygen atoms in total. The van der Waals surface area contributed by atoms with E-state index in [4.69, 9.17) is 11.6 Å². The number of anilines is 1. The van der Waals surface area contributed by atoms with Crippen LogP contribution in [0, 0.1) is 0 Å². The summed E-state index contributed by atoms with van der Waals surface area (Å²) < 4.78 is 0. The summed E-state index contributed by atoms with van der Waals surface area (Å²) in [5.41, 5.74) is 1.44. The molecule has 4 rings (SSSR count). The molecule has 0 spiro atoms. The molecule has 0 aliphatic heterocycles. The summed E-state index contributed by atoms with van der Waals surface area (Å²) in [5, 5.41) is 6.41. The molecule has 3 aromatic heterocycles. The average molecular weight is 321 g/mol. The van der Waals surface area contributed by atoms with Crippen LogP contribution in [-0.4, -0.2) is 24.9 Å². The van der Waals surface area contributed by atoms with E-state index < -0.39 is 0 Å². The third kappa shape index (κ3) is 2.47. The van der Waals surface area contributed by atoms with Gasteiger partial charge in [0.2, 0.25) is 5.28 Å². The molecular weight excluding hydrogens is 308 g/mol. The molecule has 21 heavy (non-hydrogen) atoms. The van der Waals surface area contributed by atoms with Crippen molar-refractivity contribution in [1.29, 1.82) is 0 Å². The number of H-pyrrole nitrogens is 1. The molecule has 1 aliphatic rings. The maximum absolute atomic E-state index is 5.99. The lowest BCUT2D eigenvalue weighted by atomic mass is 9.85. The Balaban J connectivity index is 1.67. The van der Waals surface area contributed by atoms with Gasteiger partial charge in [-0.25, -0.2) is 9.97 Å². The average Bonchev–Trinajstić information content (AvgIpc) is 3.02. The smallest absolute Gasteiger partial charge is 0.226 e. The molecule has 0 saturated heterocycles. The second kappa shape index (κ2) is 5.23. The summed E-state index contributed by atoms with van der Waals surface area (Å²) in [5.74, 6) is 2.19. The molecule has 8 heteroatoms. The SMILES string of the molecule is Clc1nc(NCc2nccs2)c2[nH]c(C3CCC3)nc2n1. The van der Waals surface area contributed by atoms with Gasteiger partial charge in [-0.05, 0) is 24.4 Å². The summed E-state index contributed by atoms with van der Waals surface area (Å²) in [4.78, 5) is 20.6. The molecule has 0 atom stereocenters. The van der Waals surface area contributed by atoms with Gasteiger partial charge in [-0.3, -0.25) is 0 Å². The van der Waals surface area contributed by atoms with Crippen LogP contribution in [0.5, 0.6) is 0 Å². The van der Waals surface area contributed by atoms with Crippen LogP contribution in [0.4, 0.5) is 5.82 Å². The number of fused-ring (bicyclic) bond motifs is 1. The molecule has 0 radical (unpaired) electrons. The number of nitrogens with zero attached hydrogens (tertiary/aromatic N) is 4. The molecule has 2 N–H and O–H groups in total. The van der Waals surface area contributed by atoms with Crippen molar-refractivity contribution in [3.63, 3.8) is 0 Å². The maximum atomic E-state index is 5.99. The zero-order valence-corrected chi connectivity index (χ0v) is 12.7. The normalized spacial score (nSPS) is 15.3. The van der Waals surface area contributed by atoms with Crippen molar-refractivity contribution < 1.29 is 0 Å². The Morgan fingerprint density at radius 2 is 2.24 bits per heavy atom. The van der Waals surface area contributed by atoms with Gasteiger partial charge >= 0.3 is 0 Å². The molecular formula is C13H13ClN6S. The van der Waals surface area contributed by atoms with Crippen LogP contribution in [0.3, 0.4) is 0 Å². The molecule has 0 aromatic carbocycles. The van der Waals surface area contributed by atoms with Crippen LogP contribution in [0.25, 0.3) is 11.2 Å². The van der Waals surface area contributed by atoms with E-state index in [1.165, 1.54) is 19.3 Å². The minimum absolute atomic E-state index is 0.204. The molecule has 1 saturated carbocycles. The van der Waals surface area contributed by atoms with Crippen molar-refractivity contribution >= 4 is 39.9 Å². The van der Waals surface area contributed by atoms with Crippen LogP contribution in [0.1, 0.15) is 36.0 Å². The highest BCUT2D eigenvalue weighted by atomic mass is 35.5. The van der Waals surface area contributed by atoms with E-state index in [0.29, 0.717) is 23.9 Å². The largest absolute Gasteiger partial charge is 0.362 e. The van der Waals surface area contributed by atoms with Gasteiger partial charge in [0.15, 0.2) is 11.5 Å². The highest BCUT2D eigenvalue weighted by molar-refractivity contribution is 7.09. The first kappa shape index (κ1) is 13.0. The van der Waals surface area contributed by atoms with Gasteiger partial charge in [0, 0.05) is 17.5 Å². The van der Waals surface area contributed by atoms with Crippen LogP contribution in [0.2, 0.25) is 5.28 Å². The van der Waals surface area contributed by atoms with Gasteiger partial charge in [-0.2, -0.15) is 9.97 Å². The second-order valence-corrected chi connectivity index (χ2v) is 6.39. The molecule has 0 amide bonds. The van der Waals surface area contributed by atoms with Crippen molar-refractivity contribution in [2.75, 3.05) is 5.32 Å². The summed E-state index contributed by atoms with van der Waals surface area (Å²) in [6.45, 7) is 0.609. The number of aromatic amines is 1. The topological polar surface area (TPSA) is 79.4 Å². The van der Waals surface area contributed by atoms with Crippen molar-refractivity contribution in [2.24, 2.45) is 0 Å². The van der Waals surface area contributed by atoms with E-state index >= 15 is 0 Å². The fourth-order valence-corrected chi connectivity index (χ4v) is 3.11. The number of aromatic nitrogens is 5. The second-order valence-electron chi connectivity index (χ2n) is 5.07. The van der Waals surface area contributed by atoms with E-state index in [-0.39, 0.29) is 5.28 Å². The molecule has 0 unspecified atom stereocenters. The van der Waals surface area contributed by atoms with Gasteiger partial charge in [-0.1, -0.05) is 6.42 Å². The van der Waals surface area contributed by atoms with Crippen molar-refractivity contribution in [3.8, 4) is 0 Å². The third-order valence-electron chi connectivity index (χ3n) is 3.72. The summed E-state index contributed by atoms with van der Waals surface area (Å²) in [6.07, 6.45) is 5.42. The fraction of sp³-hybridized carbons (Fsp3) is 0.385. The lowest BCUT2D eigenvalue weighted by Gasteiger charge is -2.22. The van der Waals surface area contributed by atoms with Gasteiger partial charge < -0.3 is 10.3 Å². The van der Waals surface area contributed by atoms with Crippen molar-refractivity contribution in [3.05, 3.63) is 27.7 Å². The zero-order valence-electron chi connectivity index (χ0n) is 11.1. The number of thiazole rings is 1. The standard InChI is InChI=1S/C13H13ClN6S/c14-13-19-11(16-6-8-15-4-5-21-8)9-12(20-13)18-10(17-9)7-2-1-3-7/h4-5,7H,1-3,6H2,(H2,16,17,18,19,20). The monoisotopic (exact) mass is 320 g/mol. The molecule has 3 aromatic rings. The first-order chi connectivity index (χ1) is 10.3. The summed E-state index contributed by atoms with van der Waals surface area (Å²) in [7, 11) is 0. The highest BCUT2D eigenvalue weighted by Gasteiger charge is 2.24. The van der Waals surface area contributed by atoms with Crippen LogP contribution >= 0.6 is 22.9 Å². The predicted molar refractivity (Wildman–Crippen MR) is 82.7 cm³/mol. The van der Waals surface area contributed by atoms with Gasteiger partial charge in [0.1, 0.15) is 16.3 Å². The number of rotatable bonds is 4. The quantitative estimate of drug-likeness (QED) is 0.721. The first-order valence-electron chi connectivity index (χ1n) is 6.85. The minimum atomic E-state index is 0.204. The number of hydrogen-bond acceptors (Lipinski definition) is 6. The molecule has 1 fully saturated rings. The van der Waals surface area contributed by atoms with E-state index in [1.807, 2.05) is 5.38 Å². The van der Waals surface area contributed by atoms with E-state index in [2.05, 4.69) is 30.2 Å². The first-order valence-corrected chi connectivity index (χ1v) is 8.11. The Labute approximate surface area is 130 Å². The maximum Gasteiger partial charge on any atom is 0.226 e. The van der Waals surface area contributed by atoms with Crippen molar-refractivity contribution in [2.45, 2.75) is 31.7 Å².